The fourth-order valence-electron chi connectivity index (χ4n) is 4.25. The number of hydrogen-bond acceptors (Lipinski definition) is 4. The summed E-state index contributed by atoms with van der Waals surface area (Å²) in [4.78, 5) is 52.6. The molecule has 2 fully saturated rings. The molecule has 0 N–H and O–H groups in total. The van der Waals surface area contributed by atoms with Crippen LogP contribution in [-0.4, -0.2) is 40.1 Å². The molecule has 1 saturated carbocycles. The van der Waals surface area contributed by atoms with Crippen molar-refractivity contribution in [1.82, 2.24) is 10.0 Å². The van der Waals surface area contributed by atoms with Crippen LogP contribution in [0.4, 0.5) is 0 Å². The second-order valence-corrected chi connectivity index (χ2v) is 8.60. The summed E-state index contributed by atoms with van der Waals surface area (Å²) in [5.74, 6) is -2.86. The Kier molecular flexibility index (Phi) is 6.12. The zero-order valence-electron chi connectivity index (χ0n) is 16.6. The Hall–Kier alpha value is -2.70. The molecule has 6 nitrogen and oxygen atoms in total. The van der Waals surface area contributed by atoms with Crippen molar-refractivity contribution < 1.29 is 19.2 Å². The summed E-state index contributed by atoms with van der Waals surface area (Å²) in [7, 11) is 0. The third kappa shape index (κ3) is 4.10. The highest BCUT2D eigenvalue weighted by Crippen LogP contribution is 2.39. The largest absolute Gasteiger partial charge is 0.292 e. The van der Waals surface area contributed by atoms with Gasteiger partial charge in [-0.3, -0.25) is 19.2 Å². The van der Waals surface area contributed by atoms with Crippen molar-refractivity contribution in [2.24, 2.45) is 11.8 Å². The number of fused-ring (bicyclic) bond motifs is 1. The first-order valence-corrected chi connectivity index (χ1v) is 10.9. The summed E-state index contributed by atoms with van der Waals surface area (Å²) >= 11 is 12.1. The highest BCUT2D eigenvalue weighted by molar-refractivity contribution is 6.34. The molecule has 1 saturated heterocycles. The molecule has 1 aliphatic heterocycles. The average molecular weight is 459 g/mol. The van der Waals surface area contributed by atoms with E-state index >= 15 is 0 Å². The Morgan fingerprint density at radius 3 is 2.06 bits per heavy atom. The predicted molar refractivity (Wildman–Crippen MR) is 116 cm³/mol. The number of ketones is 1. The first-order chi connectivity index (χ1) is 14.9. The molecule has 2 aromatic carbocycles. The zero-order valence-corrected chi connectivity index (χ0v) is 18.1. The van der Waals surface area contributed by atoms with E-state index in [2.05, 4.69) is 0 Å². The average Bonchev–Trinajstić information content (AvgIpc) is 3.03. The van der Waals surface area contributed by atoms with Crippen molar-refractivity contribution in [3.05, 3.63) is 69.7 Å². The van der Waals surface area contributed by atoms with Gasteiger partial charge in [-0.15, -0.1) is 0 Å². The second-order valence-electron chi connectivity index (χ2n) is 7.76. The van der Waals surface area contributed by atoms with Crippen molar-refractivity contribution in [3.8, 4) is 0 Å². The van der Waals surface area contributed by atoms with Crippen LogP contribution in [0.5, 0.6) is 0 Å². The maximum absolute atomic E-state index is 13.4. The minimum Gasteiger partial charge on any atom is -0.292 e. The number of Topliss-reactive ketones (excluding diaryl/α,β-unsaturated/α-hetero) is 1. The second kappa shape index (κ2) is 8.81. The number of rotatable bonds is 5. The van der Waals surface area contributed by atoms with Crippen LogP contribution in [0.2, 0.25) is 10.0 Å². The van der Waals surface area contributed by atoms with E-state index in [1.54, 1.807) is 30.3 Å². The Morgan fingerprint density at radius 1 is 0.903 bits per heavy atom. The molecule has 1 aliphatic carbocycles. The molecule has 1 heterocycles. The molecule has 0 spiro atoms. The normalized spacial score (nSPS) is 20.5. The van der Waals surface area contributed by atoms with Crippen molar-refractivity contribution >= 4 is 46.7 Å². The molecule has 4 rings (SSSR count). The minimum absolute atomic E-state index is 0.114. The number of hydrazine groups is 1. The molecule has 2 aromatic rings. The Labute approximate surface area is 189 Å². The number of benzene rings is 2. The van der Waals surface area contributed by atoms with E-state index < -0.39 is 41.9 Å². The molecule has 31 heavy (non-hydrogen) atoms. The van der Waals surface area contributed by atoms with E-state index in [9.17, 15) is 19.2 Å². The van der Waals surface area contributed by atoms with Gasteiger partial charge in [0.2, 0.25) is 0 Å². The van der Waals surface area contributed by atoms with Crippen LogP contribution in [0.1, 0.15) is 46.4 Å². The van der Waals surface area contributed by atoms with Crippen LogP contribution >= 0.6 is 23.2 Å². The van der Waals surface area contributed by atoms with Gasteiger partial charge in [0.05, 0.1) is 22.4 Å². The number of hydrogen-bond donors (Lipinski definition) is 0. The maximum atomic E-state index is 13.4. The Bertz CT molecular complexity index is 1030. The number of halogens is 2. The van der Waals surface area contributed by atoms with Crippen molar-refractivity contribution in [1.29, 1.82) is 0 Å². The van der Waals surface area contributed by atoms with E-state index in [0.29, 0.717) is 23.4 Å². The zero-order chi connectivity index (χ0) is 22.1. The summed E-state index contributed by atoms with van der Waals surface area (Å²) in [5.41, 5.74) is 0.432. The maximum Gasteiger partial charge on any atom is 0.274 e. The van der Waals surface area contributed by atoms with Gasteiger partial charge < -0.3 is 0 Å². The number of amides is 3. The molecule has 160 valence electrons. The van der Waals surface area contributed by atoms with Crippen molar-refractivity contribution in [2.45, 2.75) is 25.7 Å². The smallest absolute Gasteiger partial charge is 0.274 e. The number of carbonyl (C=O) groups is 4. The predicted octanol–water partition coefficient (Wildman–Crippen LogP) is 4.41. The summed E-state index contributed by atoms with van der Waals surface area (Å²) in [6.07, 6.45) is 2.92. The lowest BCUT2D eigenvalue weighted by Gasteiger charge is -2.30. The van der Waals surface area contributed by atoms with Gasteiger partial charge in [-0.2, -0.15) is 5.01 Å². The van der Waals surface area contributed by atoms with Gasteiger partial charge in [0, 0.05) is 10.6 Å². The minimum atomic E-state index is -0.673. The lowest BCUT2D eigenvalue weighted by molar-refractivity contribution is -0.154. The van der Waals surface area contributed by atoms with E-state index in [1.165, 1.54) is 18.2 Å². The van der Waals surface area contributed by atoms with Crippen LogP contribution in [0, 0.1) is 11.8 Å². The van der Waals surface area contributed by atoms with Crippen molar-refractivity contribution in [2.75, 3.05) is 6.54 Å². The molecular weight excluding hydrogens is 439 g/mol. The highest BCUT2D eigenvalue weighted by Gasteiger charge is 2.51. The van der Waals surface area contributed by atoms with Gasteiger partial charge in [-0.25, -0.2) is 5.01 Å². The van der Waals surface area contributed by atoms with Crippen LogP contribution in [0.15, 0.2) is 48.5 Å². The number of nitrogens with zero attached hydrogens (tertiary/aromatic N) is 2. The van der Waals surface area contributed by atoms with Crippen LogP contribution in [0.3, 0.4) is 0 Å². The SMILES string of the molecule is O=C(CN(C(=O)c1ccccc1Cl)N1C(=O)[C@@H]2CCCC[C@H]2C1=O)c1ccc(Cl)cc1. The monoisotopic (exact) mass is 458 g/mol. The number of carbonyl (C=O) groups excluding carboxylic acids is 4. The van der Waals surface area contributed by atoms with Gasteiger partial charge >= 0.3 is 0 Å². The molecule has 0 aromatic heterocycles. The Morgan fingerprint density at radius 2 is 1.48 bits per heavy atom. The first-order valence-electron chi connectivity index (χ1n) is 10.1. The standard InChI is InChI=1S/C23H20Cl2N2O4/c24-15-11-9-14(10-12-15)20(28)13-26(21(29)18-7-3-4-8-19(18)25)27-22(30)16-5-1-2-6-17(16)23(27)31/h3-4,7-12,16-17H,1-2,5-6,13H2/t16-,17-/m1/s1. The van der Waals surface area contributed by atoms with E-state index in [4.69, 9.17) is 23.2 Å². The van der Waals surface area contributed by atoms with Gasteiger partial charge in [0.25, 0.3) is 17.7 Å². The summed E-state index contributed by atoms with van der Waals surface area (Å²) in [6.45, 7) is -0.470. The molecule has 0 unspecified atom stereocenters. The third-order valence-electron chi connectivity index (χ3n) is 5.86. The van der Waals surface area contributed by atoms with Crippen LogP contribution < -0.4 is 0 Å². The Balaban J connectivity index is 1.70. The highest BCUT2D eigenvalue weighted by atomic mass is 35.5. The van der Waals surface area contributed by atoms with Crippen molar-refractivity contribution in [3.63, 3.8) is 0 Å². The fraction of sp³-hybridized carbons (Fsp3) is 0.304. The summed E-state index contributed by atoms with van der Waals surface area (Å²) in [5, 5.41) is 2.46. The molecular formula is C23H20Cl2N2O4. The first kappa shape index (κ1) is 21.5. The molecule has 0 radical (unpaired) electrons. The van der Waals surface area contributed by atoms with Gasteiger partial charge in [-0.05, 0) is 49.2 Å². The molecule has 3 amide bonds. The van der Waals surface area contributed by atoms with Gasteiger partial charge in [-0.1, -0.05) is 48.2 Å². The van der Waals surface area contributed by atoms with Crippen LogP contribution in [0.25, 0.3) is 0 Å². The summed E-state index contributed by atoms with van der Waals surface area (Å²) in [6, 6.07) is 12.6. The van der Waals surface area contributed by atoms with Gasteiger partial charge in [0.15, 0.2) is 5.78 Å². The molecule has 2 aliphatic rings. The molecule has 0 bridgehead atoms. The van der Waals surface area contributed by atoms with E-state index in [1.807, 2.05) is 0 Å². The van der Waals surface area contributed by atoms with E-state index in [0.717, 1.165) is 22.9 Å². The lowest BCUT2D eigenvalue weighted by Crippen LogP contribution is -2.52. The van der Waals surface area contributed by atoms with E-state index in [-0.39, 0.29) is 10.6 Å². The third-order valence-corrected chi connectivity index (χ3v) is 6.44. The molecule has 8 heteroatoms. The fourth-order valence-corrected chi connectivity index (χ4v) is 4.60. The molecule has 2 atom stereocenters. The van der Waals surface area contributed by atoms with Gasteiger partial charge in [0.1, 0.15) is 6.54 Å². The summed E-state index contributed by atoms with van der Waals surface area (Å²) < 4.78 is 0. The quantitative estimate of drug-likeness (QED) is 0.491. The van der Waals surface area contributed by atoms with Crippen LogP contribution in [-0.2, 0) is 9.59 Å². The lowest BCUT2D eigenvalue weighted by atomic mass is 9.81. The number of imide groups is 1. The topological polar surface area (TPSA) is 74.8 Å².